The van der Waals surface area contributed by atoms with Crippen molar-refractivity contribution in [2.75, 3.05) is 6.61 Å². The lowest BCUT2D eigenvalue weighted by Gasteiger charge is -2.42. The van der Waals surface area contributed by atoms with Crippen molar-refractivity contribution in [2.24, 2.45) is 0 Å². The SMILES string of the molecule is CC(=O)OC[C@H]1O[C@@H](Oc2ccc(C=O)cc2)[C@H](OC(C)=O)[C@@H](O)[C@@H]1OC(C)=O. The van der Waals surface area contributed by atoms with Crippen LogP contribution in [0, 0.1) is 0 Å². The van der Waals surface area contributed by atoms with E-state index >= 15 is 0 Å². The topological polar surface area (TPSA) is 135 Å². The van der Waals surface area contributed by atoms with Crippen molar-refractivity contribution in [3.63, 3.8) is 0 Å². The first-order valence-electron chi connectivity index (χ1n) is 8.74. The highest BCUT2D eigenvalue weighted by Crippen LogP contribution is 2.28. The van der Waals surface area contributed by atoms with E-state index in [-0.39, 0.29) is 12.4 Å². The number of rotatable bonds is 7. The van der Waals surface area contributed by atoms with E-state index in [0.717, 1.165) is 13.8 Å². The largest absolute Gasteiger partial charge is 0.463 e. The predicted octanol–water partition coefficient (Wildman–Crippen LogP) is 0.390. The fourth-order valence-corrected chi connectivity index (χ4v) is 2.74. The fourth-order valence-electron chi connectivity index (χ4n) is 2.74. The summed E-state index contributed by atoms with van der Waals surface area (Å²) in [5.74, 6) is -1.77. The highest BCUT2D eigenvalue weighted by atomic mass is 16.7. The van der Waals surface area contributed by atoms with E-state index in [1.165, 1.54) is 31.2 Å². The van der Waals surface area contributed by atoms with Gasteiger partial charge in [0.15, 0.2) is 12.2 Å². The molecule has 158 valence electrons. The van der Waals surface area contributed by atoms with Crippen LogP contribution in [0.25, 0.3) is 0 Å². The molecule has 5 atom stereocenters. The van der Waals surface area contributed by atoms with Gasteiger partial charge in [-0.15, -0.1) is 0 Å². The Balaban J connectivity index is 2.28. The highest BCUT2D eigenvalue weighted by Gasteiger charge is 2.50. The lowest BCUT2D eigenvalue weighted by molar-refractivity contribution is -0.285. The molecule has 0 spiro atoms. The number of carbonyl (C=O) groups excluding carboxylic acids is 4. The minimum absolute atomic E-state index is 0.266. The number of benzene rings is 1. The van der Waals surface area contributed by atoms with Gasteiger partial charge in [0.2, 0.25) is 6.29 Å². The summed E-state index contributed by atoms with van der Waals surface area (Å²) in [5, 5.41) is 10.7. The second-order valence-corrected chi connectivity index (χ2v) is 6.29. The van der Waals surface area contributed by atoms with Gasteiger partial charge in [0, 0.05) is 26.3 Å². The molecule has 1 aliphatic heterocycles. The molecule has 10 heteroatoms. The Kier molecular flexibility index (Phi) is 7.68. The normalized spacial score (nSPS) is 26.1. The molecule has 0 unspecified atom stereocenters. The van der Waals surface area contributed by atoms with E-state index in [1.807, 2.05) is 0 Å². The number of esters is 3. The maximum Gasteiger partial charge on any atom is 0.303 e. The summed E-state index contributed by atoms with van der Waals surface area (Å²) in [6.07, 6.45) is -5.85. The number of carbonyl (C=O) groups is 4. The number of aldehydes is 1. The quantitative estimate of drug-likeness (QED) is 0.382. The van der Waals surface area contributed by atoms with Crippen molar-refractivity contribution < 1.29 is 48.0 Å². The third kappa shape index (κ3) is 6.26. The van der Waals surface area contributed by atoms with Crippen molar-refractivity contribution in [3.8, 4) is 5.75 Å². The van der Waals surface area contributed by atoms with Crippen LogP contribution >= 0.6 is 0 Å². The molecular weight excluding hydrogens is 388 g/mol. The number of ether oxygens (including phenoxy) is 5. The zero-order valence-electron chi connectivity index (χ0n) is 16.1. The molecule has 0 bridgehead atoms. The van der Waals surface area contributed by atoms with E-state index < -0.39 is 48.6 Å². The van der Waals surface area contributed by atoms with Gasteiger partial charge in [-0.3, -0.25) is 19.2 Å². The van der Waals surface area contributed by atoms with Gasteiger partial charge < -0.3 is 28.8 Å². The van der Waals surface area contributed by atoms with Gasteiger partial charge in [0.25, 0.3) is 0 Å². The maximum atomic E-state index is 11.5. The number of hydrogen-bond acceptors (Lipinski definition) is 10. The maximum absolute atomic E-state index is 11.5. The summed E-state index contributed by atoms with van der Waals surface area (Å²) in [6.45, 7) is 3.12. The Labute approximate surface area is 166 Å². The van der Waals surface area contributed by atoms with Crippen LogP contribution in [-0.2, 0) is 33.3 Å². The molecule has 1 aromatic carbocycles. The first-order valence-corrected chi connectivity index (χ1v) is 8.74. The van der Waals surface area contributed by atoms with Gasteiger partial charge >= 0.3 is 17.9 Å². The van der Waals surface area contributed by atoms with Gasteiger partial charge in [-0.2, -0.15) is 0 Å². The summed E-state index contributed by atoms with van der Waals surface area (Å²) in [7, 11) is 0. The van der Waals surface area contributed by atoms with Crippen LogP contribution < -0.4 is 4.74 Å². The third-order valence-corrected chi connectivity index (χ3v) is 3.94. The van der Waals surface area contributed by atoms with Crippen LogP contribution in [0.1, 0.15) is 31.1 Å². The lowest BCUT2D eigenvalue weighted by atomic mass is 9.98. The molecule has 2 rings (SSSR count). The van der Waals surface area contributed by atoms with Crippen LogP contribution in [0.3, 0.4) is 0 Å². The molecule has 1 saturated heterocycles. The van der Waals surface area contributed by atoms with E-state index in [2.05, 4.69) is 0 Å². The second kappa shape index (κ2) is 9.99. The molecule has 1 heterocycles. The van der Waals surface area contributed by atoms with E-state index in [9.17, 15) is 24.3 Å². The average Bonchev–Trinajstić information content (AvgIpc) is 2.65. The predicted molar refractivity (Wildman–Crippen MR) is 94.9 cm³/mol. The Morgan fingerprint density at radius 2 is 1.59 bits per heavy atom. The molecule has 1 N–H and O–H groups in total. The Morgan fingerprint density at radius 3 is 2.10 bits per heavy atom. The summed E-state index contributed by atoms with van der Waals surface area (Å²) in [4.78, 5) is 44.9. The van der Waals surface area contributed by atoms with Gasteiger partial charge in [0.05, 0.1) is 0 Å². The molecule has 10 nitrogen and oxygen atoms in total. The van der Waals surface area contributed by atoms with E-state index in [1.54, 1.807) is 0 Å². The van der Waals surface area contributed by atoms with E-state index in [0.29, 0.717) is 11.8 Å². The lowest BCUT2D eigenvalue weighted by Crippen LogP contribution is -2.62. The van der Waals surface area contributed by atoms with Crippen LogP contribution in [0.5, 0.6) is 5.75 Å². The molecule has 29 heavy (non-hydrogen) atoms. The van der Waals surface area contributed by atoms with E-state index in [4.69, 9.17) is 23.7 Å². The standard InChI is InChI=1S/C19H22O10/c1-10(21)25-9-15-17(26-11(2)22)16(24)18(27-12(3)23)19(29-15)28-14-6-4-13(8-20)5-7-14/h4-8,15-19,24H,9H2,1-3H3/t15-,16+,17-,18-,19-/m1/s1. The third-order valence-electron chi connectivity index (χ3n) is 3.94. The minimum Gasteiger partial charge on any atom is -0.463 e. The van der Waals surface area contributed by atoms with Gasteiger partial charge in [-0.05, 0) is 24.3 Å². The van der Waals surface area contributed by atoms with Crippen molar-refractivity contribution in [1.29, 1.82) is 0 Å². The number of aliphatic hydroxyl groups is 1. The molecular formula is C19H22O10. The first-order chi connectivity index (χ1) is 13.7. The van der Waals surface area contributed by atoms with Crippen LogP contribution in [-0.4, -0.2) is 66.6 Å². The molecule has 0 amide bonds. The van der Waals surface area contributed by atoms with Gasteiger partial charge in [-0.25, -0.2) is 0 Å². The van der Waals surface area contributed by atoms with Crippen molar-refractivity contribution in [1.82, 2.24) is 0 Å². The average molecular weight is 410 g/mol. The van der Waals surface area contributed by atoms with Crippen LogP contribution in [0.15, 0.2) is 24.3 Å². The fraction of sp³-hybridized carbons (Fsp3) is 0.474. The van der Waals surface area contributed by atoms with Crippen LogP contribution in [0.2, 0.25) is 0 Å². The summed E-state index contributed by atoms with van der Waals surface area (Å²) in [5.41, 5.74) is 0.418. The molecule has 0 aliphatic carbocycles. The Hall–Kier alpha value is -2.98. The molecule has 0 aromatic heterocycles. The van der Waals surface area contributed by atoms with Gasteiger partial charge in [0.1, 0.15) is 30.9 Å². The van der Waals surface area contributed by atoms with Crippen LogP contribution in [0.4, 0.5) is 0 Å². The monoisotopic (exact) mass is 410 g/mol. The highest BCUT2D eigenvalue weighted by molar-refractivity contribution is 5.74. The zero-order chi connectivity index (χ0) is 21.6. The van der Waals surface area contributed by atoms with Gasteiger partial charge in [-0.1, -0.05) is 0 Å². The summed E-state index contributed by atoms with van der Waals surface area (Å²) in [6, 6.07) is 5.98. The summed E-state index contributed by atoms with van der Waals surface area (Å²) < 4.78 is 26.5. The Bertz CT molecular complexity index is 742. The molecule has 1 aromatic rings. The molecule has 1 aliphatic rings. The molecule has 1 fully saturated rings. The summed E-state index contributed by atoms with van der Waals surface area (Å²) >= 11 is 0. The second-order valence-electron chi connectivity index (χ2n) is 6.29. The van der Waals surface area contributed by atoms with Crippen molar-refractivity contribution >= 4 is 24.2 Å². The number of hydrogen-bond donors (Lipinski definition) is 1. The number of aliphatic hydroxyl groups excluding tert-OH is 1. The van der Waals surface area contributed by atoms with Crippen molar-refractivity contribution in [3.05, 3.63) is 29.8 Å². The Morgan fingerprint density at radius 1 is 1.00 bits per heavy atom. The van der Waals surface area contributed by atoms with Crippen molar-refractivity contribution in [2.45, 2.75) is 51.5 Å². The molecule has 0 radical (unpaired) electrons. The zero-order valence-corrected chi connectivity index (χ0v) is 16.1. The minimum atomic E-state index is -1.52. The molecule has 0 saturated carbocycles. The first kappa shape index (κ1) is 22.3. The smallest absolute Gasteiger partial charge is 0.303 e.